The van der Waals surface area contributed by atoms with Crippen molar-refractivity contribution in [1.29, 1.82) is 0 Å². The molecule has 1 nitrogen and oxygen atoms in total. The average molecular weight is 337 g/mol. The van der Waals surface area contributed by atoms with Crippen LogP contribution in [0, 0.1) is 35.5 Å². The van der Waals surface area contributed by atoms with Gasteiger partial charge in [0.1, 0.15) is 0 Å². The second-order valence-corrected chi connectivity index (χ2v) is 9.82. The Kier molecular flexibility index (Phi) is 8.11. The van der Waals surface area contributed by atoms with Crippen molar-refractivity contribution in [3.05, 3.63) is 0 Å². The summed E-state index contributed by atoms with van der Waals surface area (Å²) >= 11 is 0. The fraction of sp³-hybridized carbons (Fsp3) is 1.00. The van der Waals surface area contributed by atoms with Gasteiger partial charge in [-0.25, -0.2) is 0 Å². The van der Waals surface area contributed by atoms with Crippen LogP contribution >= 0.6 is 0 Å². The molecule has 2 rings (SSSR count). The zero-order valence-electron chi connectivity index (χ0n) is 17.4. The monoisotopic (exact) mass is 336 g/mol. The summed E-state index contributed by atoms with van der Waals surface area (Å²) < 4.78 is 6.26. The van der Waals surface area contributed by atoms with Gasteiger partial charge >= 0.3 is 0 Å². The third-order valence-corrected chi connectivity index (χ3v) is 7.55. The third-order valence-electron chi connectivity index (χ3n) is 7.55. The van der Waals surface area contributed by atoms with Crippen LogP contribution in [0.4, 0.5) is 0 Å². The molecule has 2 aliphatic carbocycles. The highest BCUT2D eigenvalue weighted by Gasteiger charge is 2.30. The fourth-order valence-corrected chi connectivity index (χ4v) is 4.98. The van der Waals surface area contributed by atoms with E-state index in [-0.39, 0.29) is 0 Å². The summed E-state index contributed by atoms with van der Waals surface area (Å²) in [6.07, 6.45) is 13.7. The summed E-state index contributed by atoms with van der Waals surface area (Å²) in [4.78, 5) is 0. The second kappa shape index (κ2) is 9.60. The van der Waals surface area contributed by atoms with E-state index in [0.717, 1.165) is 29.6 Å². The lowest BCUT2D eigenvalue weighted by molar-refractivity contribution is -0.0488. The Balaban J connectivity index is 1.69. The standard InChI is InChI=1S/C23H44O/c1-16(2)20(6)24-23-13-9-21(10-14-23)15-18(4)19(5)22-11-7-17(3)8-12-22/h16-23H,7-15H2,1-6H3. The van der Waals surface area contributed by atoms with Crippen LogP contribution in [-0.2, 0) is 4.74 Å². The lowest BCUT2D eigenvalue weighted by Crippen LogP contribution is -2.30. The van der Waals surface area contributed by atoms with Crippen LogP contribution < -0.4 is 0 Å². The first kappa shape index (κ1) is 20.3. The molecular formula is C23H44O. The van der Waals surface area contributed by atoms with E-state index < -0.39 is 0 Å². The quantitative estimate of drug-likeness (QED) is 0.482. The molecule has 0 amide bonds. The SMILES string of the molecule is CC1CCC(C(C)C(C)CC2CCC(OC(C)C(C)C)CC2)CC1. The Labute approximate surface area is 152 Å². The van der Waals surface area contributed by atoms with Gasteiger partial charge in [-0.05, 0) is 87.4 Å². The molecule has 0 aromatic carbocycles. The van der Waals surface area contributed by atoms with Crippen LogP contribution in [0.1, 0.15) is 99.3 Å². The molecule has 0 spiro atoms. The van der Waals surface area contributed by atoms with Gasteiger partial charge in [0, 0.05) is 0 Å². The molecule has 2 aliphatic rings. The zero-order valence-corrected chi connectivity index (χ0v) is 17.4. The fourth-order valence-electron chi connectivity index (χ4n) is 4.98. The molecule has 142 valence electrons. The minimum Gasteiger partial charge on any atom is -0.375 e. The molecule has 2 saturated carbocycles. The highest BCUT2D eigenvalue weighted by molar-refractivity contribution is 4.81. The van der Waals surface area contributed by atoms with Gasteiger partial charge in [-0.2, -0.15) is 0 Å². The molecule has 3 unspecified atom stereocenters. The van der Waals surface area contributed by atoms with E-state index in [0.29, 0.717) is 18.1 Å². The number of hydrogen-bond acceptors (Lipinski definition) is 1. The van der Waals surface area contributed by atoms with Gasteiger partial charge in [0.15, 0.2) is 0 Å². The van der Waals surface area contributed by atoms with Crippen LogP contribution in [-0.4, -0.2) is 12.2 Å². The van der Waals surface area contributed by atoms with Crippen molar-refractivity contribution >= 4 is 0 Å². The Morgan fingerprint density at radius 2 is 1.38 bits per heavy atom. The molecule has 0 radical (unpaired) electrons. The maximum atomic E-state index is 6.26. The van der Waals surface area contributed by atoms with Crippen molar-refractivity contribution in [3.8, 4) is 0 Å². The van der Waals surface area contributed by atoms with Gasteiger partial charge in [-0.1, -0.05) is 47.5 Å². The van der Waals surface area contributed by atoms with Crippen molar-refractivity contribution < 1.29 is 4.74 Å². The number of hydrogen-bond donors (Lipinski definition) is 0. The van der Waals surface area contributed by atoms with E-state index in [1.54, 1.807) is 0 Å². The van der Waals surface area contributed by atoms with Crippen molar-refractivity contribution in [2.24, 2.45) is 35.5 Å². The molecule has 0 aromatic heterocycles. The van der Waals surface area contributed by atoms with Crippen LogP contribution in [0.3, 0.4) is 0 Å². The first-order valence-electron chi connectivity index (χ1n) is 11.0. The van der Waals surface area contributed by atoms with E-state index in [1.807, 2.05) is 0 Å². The highest BCUT2D eigenvalue weighted by atomic mass is 16.5. The average Bonchev–Trinajstić information content (AvgIpc) is 2.56. The summed E-state index contributed by atoms with van der Waals surface area (Å²) in [5.41, 5.74) is 0. The van der Waals surface area contributed by atoms with Gasteiger partial charge in [0.2, 0.25) is 0 Å². The molecule has 0 aromatic rings. The van der Waals surface area contributed by atoms with Crippen molar-refractivity contribution in [2.45, 2.75) is 112 Å². The molecule has 0 saturated heterocycles. The molecule has 0 N–H and O–H groups in total. The molecule has 3 atom stereocenters. The summed E-state index contributed by atoms with van der Waals surface area (Å²) in [5, 5.41) is 0. The number of ether oxygens (including phenoxy) is 1. The Bertz CT molecular complexity index is 334. The van der Waals surface area contributed by atoms with Gasteiger partial charge in [0.05, 0.1) is 12.2 Å². The molecule has 24 heavy (non-hydrogen) atoms. The van der Waals surface area contributed by atoms with Crippen LogP contribution in [0.25, 0.3) is 0 Å². The third kappa shape index (κ3) is 6.04. The van der Waals surface area contributed by atoms with E-state index >= 15 is 0 Å². The van der Waals surface area contributed by atoms with Crippen LogP contribution in [0.5, 0.6) is 0 Å². The van der Waals surface area contributed by atoms with Crippen molar-refractivity contribution in [2.75, 3.05) is 0 Å². The predicted octanol–water partition coefficient (Wildman–Crippen LogP) is 7.09. The van der Waals surface area contributed by atoms with Gasteiger partial charge in [-0.3, -0.25) is 0 Å². The Morgan fingerprint density at radius 3 is 1.92 bits per heavy atom. The van der Waals surface area contributed by atoms with Crippen molar-refractivity contribution in [3.63, 3.8) is 0 Å². The lowest BCUT2D eigenvalue weighted by Gasteiger charge is -2.37. The Morgan fingerprint density at radius 1 is 0.792 bits per heavy atom. The minimum atomic E-state index is 0.416. The Hall–Kier alpha value is -0.0400. The van der Waals surface area contributed by atoms with E-state index in [4.69, 9.17) is 4.74 Å². The van der Waals surface area contributed by atoms with E-state index in [1.165, 1.54) is 57.8 Å². The maximum absolute atomic E-state index is 6.26. The molecule has 0 aliphatic heterocycles. The maximum Gasteiger partial charge on any atom is 0.0579 e. The molecular weight excluding hydrogens is 292 g/mol. The summed E-state index contributed by atoms with van der Waals surface area (Å²) in [7, 11) is 0. The lowest BCUT2D eigenvalue weighted by atomic mass is 9.70. The van der Waals surface area contributed by atoms with Gasteiger partial charge in [-0.15, -0.1) is 0 Å². The molecule has 2 fully saturated rings. The van der Waals surface area contributed by atoms with E-state index in [2.05, 4.69) is 41.5 Å². The zero-order chi connectivity index (χ0) is 17.7. The van der Waals surface area contributed by atoms with E-state index in [9.17, 15) is 0 Å². The predicted molar refractivity (Wildman–Crippen MR) is 105 cm³/mol. The largest absolute Gasteiger partial charge is 0.375 e. The van der Waals surface area contributed by atoms with Gasteiger partial charge < -0.3 is 4.74 Å². The number of rotatable bonds is 7. The molecule has 1 heteroatoms. The van der Waals surface area contributed by atoms with Crippen molar-refractivity contribution in [1.82, 2.24) is 0 Å². The van der Waals surface area contributed by atoms with Gasteiger partial charge in [0.25, 0.3) is 0 Å². The smallest absolute Gasteiger partial charge is 0.0579 e. The van der Waals surface area contributed by atoms with Crippen LogP contribution in [0.2, 0.25) is 0 Å². The highest BCUT2D eigenvalue weighted by Crippen LogP contribution is 2.40. The normalized spacial score (nSPS) is 35.6. The molecule has 0 bridgehead atoms. The summed E-state index contributed by atoms with van der Waals surface area (Å²) in [6, 6.07) is 0. The first-order valence-corrected chi connectivity index (χ1v) is 11.0. The summed E-state index contributed by atoms with van der Waals surface area (Å²) in [5.74, 6) is 5.41. The summed E-state index contributed by atoms with van der Waals surface area (Å²) in [6.45, 7) is 14.3. The topological polar surface area (TPSA) is 9.23 Å². The second-order valence-electron chi connectivity index (χ2n) is 9.82. The van der Waals surface area contributed by atoms with Crippen LogP contribution in [0.15, 0.2) is 0 Å². The first-order chi connectivity index (χ1) is 11.4. The molecule has 0 heterocycles. The minimum absolute atomic E-state index is 0.416.